The van der Waals surface area contributed by atoms with Crippen LogP contribution in [0.15, 0.2) is 97.6 Å². The predicted octanol–water partition coefficient (Wildman–Crippen LogP) is 5.33. The molecule has 1 atom stereocenters. The summed E-state index contributed by atoms with van der Waals surface area (Å²) < 4.78 is 16.4. The lowest BCUT2D eigenvalue weighted by atomic mass is 9.95. The van der Waals surface area contributed by atoms with Gasteiger partial charge in [-0.3, -0.25) is 0 Å². The highest BCUT2D eigenvalue weighted by atomic mass is 19.1. The molecule has 0 aliphatic carbocycles. The van der Waals surface area contributed by atoms with Crippen LogP contribution < -0.4 is 0 Å². The molecule has 4 aromatic rings. The van der Waals surface area contributed by atoms with Crippen LogP contribution in [0.25, 0.3) is 11.1 Å². The summed E-state index contributed by atoms with van der Waals surface area (Å²) in [6.07, 6.45) is 5.30. The third-order valence-electron chi connectivity index (χ3n) is 4.36. The number of benzene rings is 3. The summed E-state index contributed by atoms with van der Waals surface area (Å²) in [6.45, 7) is 0. The molecular formula is C22H17FN2. The van der Waals surface area contributed by atoms with Gasteiger partial charge in [-0.05, 0) is 22.8 Å². The smallest absolute Gasteiger partial charge is 0.128 e. The van der Waals surface area contributed by atoms with E-state index in [4.69, 9.17) is 0 Å². The lowest BCUT2D eigenvalue weighted by Crippen LogP contribution is -2.12. The van der Waals surface area contributed by atoms with Crippen LogP contribution in [0.5, 0.6) is 0 Å². The fourth-order valence-electron chi connectivity index (χ4n) is 3.12. The van der Waals surface area contributed by atoms with E-state index in [9.17, 15) is 4.39 Å². The van der Waals surface area contributed by atoms with Crippen LogP contribution in [0.3, 0.4) is 0 Å². The molecule has 4 rings (SSSR count). The lowest BCUT2D eigenvalue weighted by molar-refractivity contribution is 0.572. The first-order valence-electron chi connectivity index (χ1n) is 8.20. The molecule has 3 aromatic carbocycles. The van der Waals surface area contributed by atoms with Gasteiger partial charge in [-0.1, -0.05) is 72.8 Å². The monoisotopic (exact) mass is 328 g/mol. The Hall–Kier alpha value is -3.20. The summed E-state index contributed by atoms with van der Waals surface area (Å²) in [4.78, 5) is 4.13. The second-order valence-electron chi connectivity index (χ2n) is 5.92. The van der Waals surface area contributed by atoms with Crippen molar-refractivity contribution in [1.82, 2.24) is 9.55 Å². The van der Waals surface area contributed by atoms with Crippen LogP contribution in [0, 0.1) is 5.82 Å². The van der Waals surface area contributed by atoms with E-state index in [0.717, 1.165) is 11.1 Å². The van der Waals surface area contributed by atoms with E-state index in [2.05, 4.69) is 41.4 Å². The maximum atomic E-state index is 14.4. The summed E-state index contributed by atoms with van der Waals surface area (Å²) in [6, 6.07) is 25.1. The SMILES string of the molecule is Fc1ccccc1C(c1ccc(-c2ccccc2)cc1)n1ccnc1. The van der Waals surface area contributed by atoms with E-state index in [-0.39, 0.29) is 11.9 Å². The maximum absolute atomic E-state index is 14.4. The molecule has 0 amide bonds. The van der Waals surface area contributed by atoms with Crippen LogP contribution in [-0.4, -0.2) is 9.55 Å². The van der Waals surface area contributed by atoms with Gasteiger partial charge in [0.05, 0.1) is 12.4 Å². The topological polar surface area (TPSA) is 17.8 Å². The Bertz CT molecular complexity index is 945. The van der Waals surface area contributed by atoms with Gasteiger partial charge >= 0.3 is 0 Å². The van der Waals surface area contributed by atoms with Crippen molar-refractivity contribution in [2.45, 2.75) is 6.04 Å². The fourth-order valence-corrected chi connectivity index (χ4v) is 3.12. The van der Waals surface area contributed by atoms with Crippen LogP contribution in [0.1, 0.15) is 17.2 Å². The molecule has 0 saturated heterocycles. The highest BCUT2D eigenvalue weighted by Gasteiger charge is 2.19. The van der Waals surface area contributed by atoms with E-state index in [1.54, 1.807) is 18.6 Å². The number of hydrogen-bond acceptors (Lipinski definition) is 1. The van der Waals surface area contributed by atoms with Gasteiger partial charge in [0, 0.05) is 18.0 Å². The molecule has 1 heterocycles. The zero-order chi connectivity index (χ0) is 17.1. The largest absolute Gasteiger partial charge is 0.326 e. The quantitative estimate of drug-likeness (QED) is 0.495. The Morgan fingerprint density at radius 1 is 0.760 bits per heavy atom. The van der Waals surface area contributed by atoms with Crippen molar-refractivity contribution in [3.63, 3.8) is 0 Å². The van der Waals surface area contributed by atoms with Crippen molar-refractivity contribution in [1.29, 1.82) is 0 Å². The Balaban J connectivity index is 1.77. The Morgan fingerprint density at radius 2 is 1.44 bits per heavy atom. The molecule has 0 aliphatic heterocycles. The molecular weight excluding hydrogens is 311 g/mol. The molecule has 0 N–H and O–H groups in total. The first kappa shape index (κ1) is 15.3. The molecule has 122 valence electrons. The first-order valence-corrected chi connectivity index (χ1v) is 8.20. The van der Waals surface area contributed by atoms with Gasteiger partial charge in [-0.2, -0.15) is 0 Å². The fraction of sp³-hybridized carbons (Fsp3) is 0.0455. The third-order valence-corrected chi connectivity index (χ3v) is 4.36. The molecule has 2 nitrogen and oxygen atoms in total. The van der Waals surface area contributed by atoms with Gasteiger partial charge in [0.25, 0.3) is 0 Å². The number of rotatable bonds is 4. The summed E-state index contributed by atoms with van der Waals surface area (Å²) in [5, 5.41) is 0. The van der Waals surface area contributed by atoms with Crippen molar-refractivity contribution in [2.24, 2.45) is 0 Å². The van der Waals surface area contributed by atoms with Crippen molar-refractivity contribution >= 4 is 0 Å². The normalized spacial score (nSPS) is 12.0. The summed E-state index contributed by atoms with van der Waals surface area (Å²) >= 11 is 0. The van der Waals surface area contributed by atoms with Crippen LogP contribution >= 0.6 is 0 Å². The molecule has 0 bridgehead atoms. The second kappa shape index (κ2) is 6.73. The van der Waals surface area contributed by atoms with Crippen molar-refractivity contribution in [2.75, 3.05) is 0 Å². The van der Waals surface area contributed by atoms with Gasteiger partial charge in [-0.25, -0.2) is 9.37 Å². The molecule has 0 spiro atoms. The molecule has 0 aliphatic rings. The zero-order valence-electron chi connectivity index (χ0n) is 13.6. The van der Waals surface area contributed by atoms with Gasteiger partial charge < -0.3 is 4.57 Å². The molecule has 1 unspecified atom stereocenters. The number of aromatic nitrogens is 2. The zero-order valence-corrected chi connectivity index (χ0v) is 13.6. The summed E-state index contributed by atoms with van der Waals surface area (Å²) in [5.41, 5.74) is 3.96. The van der Waals surface area contributed by atoms with E-state index in [1.807, 2.05) is 41.1 Å². The Morgan fingerprint density at radius 3 is 2.12 bits per heavy atom. The van der Waals surface area contributed by atoms with Gasteiger partial charge in [0.1, 0.15) is 5.82 Å². The van der Waals surface area contributed by atoms with E-state index >= 15 is 0 Å². The molecule has 0 fully saturated rings. The van der Waals surface area contributed by atoms with Gasteiger partial charge in [-0.15, -0.1) is 0 Å². The molecule has 1 aromatic heterocycles. The van der Waals surface area contributed by atoms with E-state index in [1.165, 1.54) is 11.6 Å². The predicted molar refractivity (Wildman–Crippen MR) is 97.7 cm³/mol. The van der Waals surface area contributed by atoms with Crippen LogP contribution in [0.4, 0.5) is 4.39 Å². The summed E-state index contributed by atoms with van der Waals surface area (Å²) in [7, 11) is 0. The van der Waals surface area contributed by atoms with Crippen molar-refractivity contribution < 1.29 is 4.39 Å². The van der Waals surface area contributed by atoms with E-state index in [0.29, 0.717) is 5.56 Å². The van der Waals surface area contributed by atoms with Gasteiger partial charge in [0.2, 0.25) is 0 Å². The van der Waals surface area contributed by atoms with Crippen LogP contribution in [-0.2, 0) is 0 Å². The minimum absolute atomic E-state index is 0.215. The number of nitrogens with zero attached hydrogens (tertiary/aromatic N) is 2. The number of hydrogen-bond donors (Lipinski definition) is 0. The maximum Gasteiger partial charge on any atom is 0.128 e. The Labute approximate surface area is 146 Å². The highest BCUT2D eigenvalue weighted by molar-refractivity contribution is 5.63. The van der Waals surface area contributed by atoms with Crippen LogP contribution in [0.2, 0.25) is 0 Å². The third kappa shape index (κ3) is 3.09. The molecule has 3 heteroatoms. The van der Waals surface area contributed by atoms with Gasteiger partial charge in [0.15, 0.2) is 0 Å². The minimum atomic E-state index is -0.242. The average Bonchev–Trinajstić information content (AvgIpc) is 3.19. The lowest BCUT2D eigenvalue weighted by Gasteiger charge is -2.20. The van der Waals surface area contributed by atoms with E-state index < -0.39 is 0 Å². The van der Waals surface area contributed by atoms with Crippen molar-refractivity contribution in [3.05, 3.63) is 115 Å². The first-order chi connectivity index (χ1) is 12.3. The molecule has 0 radical (unpaired) electrons. The highest BCUT2D eigenvalue weighted by Crippen LogP contribution is 2.30. The summed E-state index contributed by atoms with van der Waals surface area (Å²) in [5.74, 6) is -0.215. The molecule has 0 saturated carbocycles. The minimum Gasteiger partial charge on any atom is -0.326 e. The molecule has 25 heavy (non-hydrogen) atoms. The van der Waals surface area contributed by atoms with Crippen molar-refractivity contribution in [3.8, 4) is 11.1 Å². The average molecular weight is 328 g/mol. The standard InChI is InChI=1S/C22H17FN2/c23-21-9-5-4-8-20(21)22(25-15-14-24-16-25)19-12-10-18(11-13-19)17-6-2-1-3-7-17/h1-16,22H. The Kier molecular flexibility index (Phi) is 4.13. The second-order valence-corrected chi connectivity index (χ2v) is 5.92. The number of halogens is 1. The number of imidazole rings is 1.